The Morgan fingerprint density at radius 2 is 1.36 bits per heavy atom. The summed E-state index contributed by atoms with van der Waals surface area (Å²) in [5.74, 6) is 0.940. The van der Waals surface area contributed by atoms with E-state index in [2.05, 4.69) is 122 Å². The van der Waals surface area contributed by atoms with E-state index < -0.39 is 0 Å². The van der Waals surface area contributed by atoms with Crippen LogP contribution in [0, 0.1) is 0 Å². The Morgan fingerprint density at radius 1 is 0.611 bits per heavy atom. The maximum atomic E-state index is 5.06. The molecule has 174 valence electrons. The van der Waals surface area contributed by atoms with Crippen LogP contribution in [0.25, 0.3) is 55.0 Å². The fraction of sp³-hybridized carbons (Fsp3) is 0.121. The third-order valence-electron chi connectivity index (χ3n) is 7.51. The van der Waals surface area contributed by atoms with Gasteiger partial charge in [0.2, 0.25) is 0 Å². The van der Waals surface area contributed by atoms with Crippen LogP contribution in [0.4, 0.5) is 0 Å². The first-order valence-electron chi connectivity index (χ1n) is 12.8. The predicted octanol–water partition coefficient (Wildman–Crippen LogP) is 8.38. The highest BCUT2D eigenvalue weighted by Crippen LogP contribution is 2.38. The van der Waals surface area contributed by atoms with Crippen molar-refractivity contribution in [1.82, 2.24) is 14.2 Å². The molecule has 3 nitrogen and oxygen atoms in total. The Morgan fingerprint density at radius 3 is 2.22 bits per heavy atom. The molecule has 0 aliphatic carbocycles. The van der Waals surface area contributed by atoms with Gasteiger partial charge in [-0.3, -0.25) is 4.57 Å². The van der Waals surface area contributed by atoms with Gasteiger partial charge in [-0.25, -0.2) is 4.52 Å². The zero-order chi connectivity index (χ0) is 24.2. The lowest BCUT2D eigenvalue weighted by atomic mass is 9.92. The van der Waals surface area contributed by atoms with E-state index in [0.717, 1.165) is 24.2 Å². The van der Waals surface area contributed by atoms with E-state index in [-0.39, 0.29) is 0 Å². The Hall–Kier alpha value is -4.37. The minimum Gasteiger partial charge on any atom is -0.292 e. The van der Waals surface area contributed by atoms with Crippen molar-refractivity contribution in [1.29, 1.82) is 0 Å². The molecule has 7 aromatic rings. The third kappa shape index (κ3) is 3.09. The summed E-state index contributed by atoms with van der Waals surface area (Å²) in [5, 5.41) is 10.0. The standard InChI is InChI=1S/C33H27N3/c1-3-22-11-7-8-14-27(22)29-20-32-30(18-23(29)4-2)28-15-9-10-16-31(28)36(32)33-19-26-17-24-12-5-6-13-25(24)21-35(26)34-33/h5-21H,3-4H2,1-2H3. The van der Waals surface area contributed by atoms with Crippen LogP contribution in [0.5, 0.6) is 0 Å². The van der Waals surface area contributed by atoms with E-state index in [1.165, 1.54) is 54.8 Å². The number of rotatable bonds is 4. The second-order valence-electron chi connectivity index (χ2n) is 9.52. The van der Waals surface area contributed by atoms with Gasteiger partial charge < -0.3 is 0 Å². The Bertz CT molecular complexity index is 1870. The van der Waals surface area contributed by atoms with Crippen LogP contribution < -0.4 is 0 Å². The van der Waals surface area contributed by atoms with E-state index in [1.54, 1.807) is 0 Å². The van der Waals surface area contributed by atoms with Gasteiger partial charge >= 0.3 is 0 Å². The van der Waals surface area contributed by atoms with Crippen LogP contribution in [0.3, 0.4) is 0 Å². The highest BCUT2D eigenvalue weighted by atomic mass is 15.3. The topological polar surface area (TPSA) is 22.2 Å². The molecular weight excluding hydrogens is 438 g/mol. The molecule has 4 aromatic carbocycles. The second kappa shape index (κ2) is 8.10. The molecule has 0 aliphatic rings. The molecule has 0 spiro atoms. The summed E-state index contributed by atoms with van der Waals surface area (Å²) >= 11 is 0. The van der Waals surface area contributed by atoms with Crippen molar-refractivity contribution >= 4 is 38.1 Å². The number of fused-ring (bicyclic) bond motifs is 5. The van der Waals surface area contributed by atoms with Gasteiger partial charge in [0, 0.05) is 28.4 Å². The van der Waals surface area contributed by atoms with Crippen LogP contribution in [0.1, 0.15) is 25.0 Å². The molecule has 0 aliphatic heterocycles. The molecule has 3 aromatic heterocycles. The first-order valence-corrected chi connectivity index (χ1v) is 12.8. The fourth-order valence-corrected chi connectivity index (χ4v) is 5.71. The molecule has 7 rings (SSSR count). The fourth-order valence-electron chi connectivity index (χ4n) is 5.71. The third-order valence-corrected chi connectivity index (χ3v) is 7.51. The lowest BCUT2D eigenvalue weighted by Gasteiger charge is -2.14. The quantitative estimate of drug-likeness (QED) is 0.256. The zero-order valence-corrected chi connectivity index (χ0v) is 20.6. The molecule has 0 unspecified atom stereocenters. The van der Waals surface area contributed by atoms with Gasteiger partial charge in [-0.2, -0.15) is 0 Å². The molecule has 0 saturated carbocycles. The van der Waals surface area contributed by atoms with Crippen LogP contribution in [0.2, 0.25) is 0 Å². The van der Waals surface area contributed by atoms with Crippen molar-refractivity contribution in [2.24, 2.45) is 0 Å². The zero-order valence-electron chi connectivity index (χ0n) is 20.6. The SMILES string of the molecule is CCc1ccccc1-c1cc2c(cc1CC)c1ccccc1n2-c1cc2cc3ccccc3cn2n1. The number of para-hydroxylation sites is 1. The number of nitrogens with zero attached hydrogens (tertiary/aromatic N) is 3. The number of hydrogen-bond donors (Lipinski definition) is 0. The maximum Gasteiger partial charge on any atom is 0.160 e. The Balaban J connectivity index is 1.56. The smallest absolute Gasteiger partial charge is 0.160 e. The molecule has 0 bridgehead atoms. The second-order valence-corrected chi connectivity index (χ2v) is 9.52. The monoisotopic (exact) mass is 465 g/mol. The Labute approximate surface area is 210 Å². The molecule has 0 N–H and O–H groups in total. The van der Waals surface area contributed by atoms with E-state index in [0.29, 0.717) is 0 Å². The summed E-state index contributed by atoms with van der Waals surface area (Å²) < 4.78 is 4.34. The van der Waals surface area contributed by atoms with Gasteiger partial charge in [0.25, 0.3) is 0 Å². The van der Waals surface area contributed by atoms with Crippen molar-refractivity contribution in [2.75, 3.05) is 0 Å². The van der Waals surface area contributed by atoms with Gasteiger partial charge in [0.05, 0.1) is 16.6 Å². The normalized spacial score (nSPS) is 11.8. The molecule has 0 radical (unpaired) electrons. The molecule has 0 atom stereocenters. The predicted molar refractivity (Wildman–Crippen MR) is 151 cm³/mol. The molecule has 3 heterocycles. The number of aryl methyl sites for hydroxylation is 2. The van der Waals surface area contributed by atoms with Crippen molar-refractivity contribution in [3.8, 4) is 16.9 Å². The summed E-state index contributed by atoms with van der Waals surface area (Å²) in [6.07, 6.45) is 4.13. The lowest BCUT2D eigenvalue weighted by molar-refractivity contribution is 0.927. The van der Waals surface area contributed by atoms with Crippen LogP contribution in [-0.4, -0.2) is 14.2 Å². The van der Waals surface area contributed by atoms with Crippen molar-refractivity contribution in [3.63, 3.8) is 0 Å². The van der Waals surface area contributed by atoms with Gasteiger partial charge in [0.15, 0.2) is 5.82 Å². The van der Waals surface area contributed by atoms with Gasteiger partial charge in [0.1, 0.15) is 0 Å². The number of aromatic nitrogens is 3. The average molecular weight is 466 g/mol. The summed E-state index contributed by atoms with van der Waals surface area (Å²) in [5.41, 5.74) is 8.89. The van der Waals surface area contributed by atoms with Gasteiger partial charge in [-0.15, -0.1) is 5.10 Å². The summed E-state index contributed by atoms with van der Waals surface area (Å²) in [6.45, 7) is 4.49. The lowest BCUT2D eigenvalue weighted by Crippen LogP contribution is -1.97. The van der Waals surface area contributed by atoms with Gasteiger partial charge in [-0.05, 0) is 64.7 Å². The molecule has 0 fully saturated rings. The molecule has 0 amide bonds. The molecule has 36 heavy (non-hydrogen) atoms. The van der Waals surface area contributed by atoms with Crippen LogP contribution in [-0.2, 0) is 12.8 Å². The first-order chi connectivity index (χ1) is 17.7. The number of pyridine rings is 1. The Kier molecular flexibility index (Phi) is 4.71. The minimum atomic E-state index is 0.940. The molecular formula is C33H27N3. The minimum absolute atomic E-state index is 0.940. The van der Waals surface area contributed by atoms with E-state index in [9.17, 15) is 0 Å². The van der Waals surface area contributed by atoms with Crippen LogP contribution >= 0.6 is 0 Å². The van der Waals surface area contributed by atoms with Crippen LogP contribution in [0.15, 0.2) is 103 Å². The largest absolute Gasteiger partial charge is 0.292 e. The van der Waals surface area contributed by atoms with Gasteiger partial charge in [-0.1, -0.05) is 80.6 Å². The van der Waals surface area contributed by atoms with E-state index in [4.69, 9.17) is 5.10 Å². The van der Waals surface area contributed by atoms with Crippen molar-refractivity contribution in [2.45, 2.75) is 26.7 Å². The van der Waals surface area contributed by atoms with Crippen molar-refractivity contribution < 1.29 is 0 Å². The van der Waals surface area contributed by atoms with Crippen molar-refractivity contribution in [3.05, 3.63) is 114 Å². The maximum absolute atomic E-state index is 5.06. The summed E-state index contributed by atoms with van der Waals surface area (Å²) in [7, 11) is 0. The summed E-state index contributed by atoms with van der Waals surface area (Å²) in [4.78, 5) is 0. The first kappa shape index (κ1) is 21.0. The summed E-state index contributed by atoms with van der Waals surface area (Å²) in [6, 6.07) is 35.2. The highest BCUT2D eigenvalue weighted by Gasteiger charge is 2.18. The average Bonchev–Trinajstić information content (AvgIpc) is 3.48. The molecule has 3 heteroatoms. The number of benzene rings is 4. The van der Waals surface area contributed by atoms with E-state index in [1.807, 2.05) is 4.52 Å². The highest BCUT2D eigenvalue weighted by molar-refractivity contribution is 6.10. The number of hydrogen-bond acceptors (Lipinski definition) is 1. The molecule has 0 saturated heterocycles. The van der Waals surface area contributed by atoms with E-state index >= 15 is 0 Å².